The summed E-state index contributed by atoms with van der Waals surface area (Å²) in [6.45, 7) is 3.99. The van der Waals surface area contributed by atoms with Crippen molar-refractivity contribution in [3.63, 3.8) is 0 Å². The molecule has 0 radical (unpaired) electrons. The summed E-state index contributed by atoms with van der Waals surface area (Å²) in [5, 5.41) is 7.60. The molecule has 5 heteroatoms. The number of benzene rings is 1. The number of hydrogen-bond acceptors (Lipinski definition) is 4. The lowest BCUT2D eigenvalue weighted by Crippen LogP contribution is -2.22. The number of carbonyl (C=O) groups excluding carboxylic acids is 1. The molecule has 0 atom stereocenters. The third-order valence-electron chi connectivity index (χ3n) is 3.56. The molecule has 0 aromatic heterocycles. The van der Waals surface area contributed by atoms with Crippen LogP contribution in [0.3, 0.4) is 0 Å². The Bertz CT molecular complexity index is 438. The van der Waals surface area contributed by atoms with E-state index in [2.05, 4.69) is 19.6 Å². The van der Waals surface area contributed by atoms with Crippen LogP contribution in [0, 0.1) is 0 Å². The average Bonchev–Trinajstić information content (AvgIpc) is 2.56. The summed E-state index contributed by atoms with van der Waals surface area (Å²) in [6.07, 6.45) is 7.53. The van der Waals surface area contributed by atoms with E-state index in [-0.39, 0.29) is 6.54 Å². The summed E-state index contributed by atoms with van der Waals surface area (Å²) in [5.41, 5.74) is 12.2. The van der Waals surface area contributed by atoms with E-state index in [9.17, 15) is 9.59 Å². The molecule has 0 unspecified atom stereocenters. The van der Waals surface area contributed by atoms with Gasteiger partial charge < -0.3 is 16.6 Å². The first-order chi connectivity index (χ1) is 10.9. The fourth-order valence-electron chi connectivity index (χ4n) is 2.09. The van der Waals surface area contributed by atoms with Gasteiger partial charge in [0.2, 0.25) is 0 Å². The average molecular weight is 322 g/mol. The summed E-state index contributed by atoms with van der Waals surface area (Å²) in [4.78, 5) is 19.5. The summed E-state index contributed by atoms with van der Waals surface area (Å²) in [5.74, 6) is -0.430. The van der Waals surface area contributed by atoms with E-state index in [1.54, 1.807) is 0 Å². The monoisotopic (exact) mass is 322 g/mol. The van der Waals surface area contributed by atoms with E-state index in [1.807, 2.05) is 24.3 Å². The first-order valence-corrected chi connectivity index (χ1v) is 8.13. The zero-order valence-corrected chi connectivity index (χ0v) is 14.2. The maximum Gasteiger partial charge on any atom is 0.317 e. The largest absolute Gasteiger partial charge is 0.480 e. The molecule has 0 amide bonds. The molecular weight excluding hydrogens is 292 g/mol. The number of carboxylic acids is 1. The van der Waals surface area contributed by atoms with Gasteiger partial charge >= 0.3 is 5.97 Å². The molecule has 130 valence electrons. The van der Waals surface area contributed by atoms with Crippen molar-refractivity contribution >= 4 is 12.3 Å². The molecule has 1 aromatic carbocycles. The summed E-state index contributed by atoms with van der Waals surface area (Å²) in [7, 11) is 0. The van der Waals surface area contributed by atoms with Gasteiger partial charge in [-0.15, -0.1) is 0 Å². The van der Waals surface area contributed by atoms with Crippen molar-refractivity contribution < 1.29 is 14.7 Å². The van der Waals surface area contributed by atoms with E-state index in [1.165, 1.54) is 37.7 Å². The van der Waals surface area contributed by atoms with Crippen molar-refractivity contribution in [3.05, 3.63) is 35.4 Å². The molecule has 1 aromatic rings. The molecular formula is C18H30N2O3. The van der Waals surface area contributed by atoms with E-state index >= 15 is 0 Å². The molecule has 1 fully saturated rings. The zero-order chi connectivity index (χ0) is 17.7. The number of nitrogens with two attached hydrogens (primary N) is 2. The second-order valence-corrected chi connectivity index (χ2v) is 5.94. The van der Waals surface area contributed by atoms with Gasteiger partial charge in [-0.05, 0) is 24.3 Å². The van der Waals surface area contributed by atoms with E-state index in [0.717, 1.165) is 11.8 Å². The topological polar surface area (TPSA) is 106 Å². The van der Waals surface area contributed by atoms with Crippen LogP contribution in [0.2, 0.25) is 0 Å². The number of hydrogen-bond donors (Lipinski definition) is 3. The SMILES string of the molecule is CC(C)c1ccc(C=O)cc1.NC1CCCCC1.NCC(=O)O. The maximum atomic E-state index is 10.3. The van der Waals surface area contributed by atoms with Crippen LogP contribution in [-0.4, -0.2) is 29.9 Å². The molecule has 0 bridgehead atoms. The molecule has 1 aliphatic rings. The fourth-order valence-corrected chi connectivity index (χ4v) is 2.09. The van der Waals surface area contributed by atoms with Crippen molar-refractivity contribution in [1.82, 2.24) is 0 Å². The summed E-state index contributed by atoms with van der Waals surface area (Å²) >= 11 is 0. The van der Waals surface area contributed by atoms with Crippen LogP contribution in [0.5, 0.6) is 0 Å². The number of rotatable bonds is 3. The molecule has 0 heterocycles. The molecule has 5 N–H and O–H groups in total. The van der Waals surface area contributed by atoms with Gasteiger partial charge in [0.25, 0.3) is 0 Å². The Labute approximate surface area is 139 Å². The molecule has 1 aliphatic carbocycles. The third-order valence-corrected chi connectivity index (χ3v) is 3.56. The van der Waals surface area contributed by atoms with Crippen molar-refractivity contribution in [1.29, 1.82) is 0 Å². The quantitative estimate of drug-likeness (QED) is 0.742. The number of aliphatic carboxylic acids is 1. The first-order valence-electron chi connectivity index (χ1n) is 8.13. The highest BCUT2D eigenvalue weighted by atomic mass is 16.4. The van der Waals surface area contributed by atoms with Gasteiger partial charge in [-0.2, -0.15) is 0 Å². The molecule has 0 aliphatic heterocycles. The predicted octanol–water partition coefficient (Wildman–Crippen LogP) is 2.93. The van der Waals surface area contributed by atoms with Crippen molar-refractivity contribution in [2.75, 3.05) is 6.54 Å². The Morgan fingerprint density at radius 3 is 1.96 bits per heavy atom. The van der Waals surface area contributed by atoms with Crippen LogP contribution in [0.1, 0.15) is 67.8 Å². The molecule has 23 heavy (non-hydrogen) atoms. The standard InChI is InChI=1S/C10H12O.C6H13N.C2H5NO2/c1-8(2)10-5-3-9(7-11)4-6-10;7-6-4-2-1-3-5-6;3-1-2(4)5/h3-8H,1-2H3;6H,1-5,7H2;1,3H2,(H,4,5). The lowest BCUT2D eigenvalue weighted by Gasteiger charge is -2.15. The van der Waals surface area contributed by atoms with Crippen LogP contribution < -0.4 is 11.5 Å². The molecule has 0 spiro atoms. The van der Waals surface area contributed by atoms with Gasteiger partial charge in [-0.1, -0.05) is 57.4 Å². The highest BCUT2D eigenvalue weighted by Gasteiger charge is 2.06. The Kier molecular flexibility index (Phi) is 11.8. The fraction of sp³-hybridized carbons (Fsp3) is 0.556. The minimum absolute atomic E-state index is 0.278. The van der Waals surface area contributed by atoms with Gasteiger partial charge in [-0.3, -0.25) is 9.59 Å². The number of carboxylic acid groups (broad SMARTS) is 1. The molecule has 5 nitrogen and oxygen atoms in total. The van der Waals surface area contributed by atoms with Crippen LogP contribution >= 0.6 is 0 Å². The van der Waals surface area contributed by atoms with Crippen LogP contribution in [0.4, 0.5) is 0 Å². The zero-order valence-electron chi connectivity index (χ0n) is 14.2. The molecule has 2 rings (SSSR count). The van der Waals surface area contributed by atoms with Crippen molar-refractivity contribution in [3.8, 4) is 0 Å². The van der Waals surface area contributed by atoms with Gasteiger partial charge in [0.1, 0.15) is 6.29 Å². The second-order valence-electron chi connectivity index (χ2n) is 5.94. The van der Waals surface area contributed by atoms with Gasteiger partial charge in [0, 0.05) is 11.6 Å². The Morgan fingerprint density at radius 1 is 1.22 bits per heavy atom. The van der Waals surface area contributed by atoms with Gasteiger partial charge in [0.05, 0.1) is 6.54 Å². The molecule has 1 saturated carbocycles. The lowest BCUT2D eigenvalue weighted by molar-refractivity contribution is -0.135. The van der Waals surface area contributed by atoms with Crippen LogP contribution in [0.15, 0.2) is 24.3 Å². The second kappa shape index (κ2) is 12.8. The van der Waals surface area contributed by atoms with Gasteiger partial charge in [0.15, 0.2) is 0 Å². The molecule has 0 saturated heterocycles. The van der Waals surface area contributed by atoms with Crippen molar-refractivity contribution in [2.24, 2.45) is 11.5 Å². The number of carbonyl (C=O) groups is 2. The Hall–Kier alpha value is -1.72. The normalized spacial score (nSPS) is 14.1. The van der Waals surface area contributed by atoms with E-state index in [0.29, 0.717) is 12.0 Å². The number of aldehydes is 1. The Balaban J connectivity index is 0.000000347. The predicted molar refractivity (Wildman–Crippen MR) is 93.7 cm³/mol. The maximum absolute atomic E-state index is 10.3. The minimum Gasteiger partial charge on any atom is -0.480 e. The summed E-state index contributed by atoms with van der Waals surface area (Å²) in [6, 6.07) is 8.22. The van der Waals surface area contributed by atoms with Crippen molar-refractivity contribution in [2.45, 2.75) is 57.9 Å². The van der Waals surface area contributed by atoms with Gasteiger partial charge in [-0.25, -0.2) is 0 Å². The minimum atomic E-state index is -0.968. The highest BCUT2D eigenvalue weighted by molar-refractivity contribution is 5.74. The smallest absolute Gasteiger partial charge is 0.317 e. The van der Waals surface area contributed by atoms with Crippen LogP contribution in [0.25, 0.3) is 0 Å². The lowest BCUT2D eigenvalue weighted by atomic mass is 9.97. The first kappa shape index (κ1) is 21.3. The highest BCUT2D eigenvalue weighted by Crippen LogP contribution is 2.15. The summed E-state index contributed by atoms with van der Waals surface area (Å²) < 4.78 is 0. The Morgan fingerprint density at radius 2 is 1.70 bits per heavy atom. The van der Waals surface area contributed by atoms with E-state index in [4.69, 9.17) is 10.8 Å². The third kappa shape index (κ3) is 11.5. The van der Waals surface area contributed by atoms with E-state index < -0.39 is 5.97 Å². The van der Waals surface area contributed by atoms with Crippen LogP contribution in [-0.2, 0) is 4.79 Å².